The molecule has 2 saturated heterocycles. The lowest BCUT2D eigenvalue weighted by Gasteiger charge is -2.27. The van der Waals surface area contributed by atoms with Crippen molar-refractivity contribution in [3.05, 3.63) is 58.9 Å². The molecule has 2 atom stereocenters. The molecule has 6 nitrogen and oxygen atoms in total. The summed E-state index contributed by atoms with van der Waals surface area (Å²) in [6, 6.07) is 11.7. The molecule has 0 N–H and O–H groups in total. The van der Waals surface area contributed by atoms with E-state index in [4.69, 9.17) is 16.3 Å². The van der Waals surface area contributed by atoms with E-state index in [0.717, 1.165) is 11.1 Å². The van der Waals surface area contributed by atoms with Crippen molar-refractivity contribution < 1.29 is 23.5 Å². The van der Waals surface area contributed by atoms with Crippen molar-refractivity contribution in [1.29, 1.82) is 0 Å². The Morgan fingerprint density at radius 2 is 1.86 bits per heavy atom. The first-order valence-corrected chi connectivity index (χ1v) is 12.6. The van der Waals surface area contributed by atoms with Gasteiger partial charge in [0.2, 0.25) is 11.8 Å². The third kappa shape index (κ3) is 5.41. The topological polar surface area (TPSA) is 66.9 Å². The van der Waals surface area contributed by atoms with E-state index in [9.17, 15) is 18.8 Å². The van der Waals surface area contributed by atoms with Gasteiger partial charge in [-0.05, 0) is 75.8 Å². The van der Waals surface area contributed by atoms with Crippen LogP contribution in [0.25, 0.3) is 11.1 Å². The van der Waals surface area contributed by atoms with Gasteiger partial charge in [0, 0.05) is 36.6 Å². The normalized spacial score (nSPS) is 21.9. The number of aryl methyl sites for hydroxylation is 1. The summed E-state index contributed by atoms with van der Waals surface area (Å²) in [4.78, 5) is 41.5. The van der Waals surface area contributed by atoms with Crippen molar-refractivity contribution >= 4 is 29.5 Å². The summed E-state index contributed by atoms with van der Waals surface area (Å²) in [6.07, 6.45) is 1.60. The van der Waals surface area contributed by atoms with Gasteiger partial charge >= 0.3 is 6.09 Å². The average Bonchev–Trinajstić information content (AvgIpc) is 3.35. The Kier molecular flexibility index (Phi) is 7.15. The average molecular weight is 515 g/mol. The van der Waals surface area contributed by atoms with Crippen molar-refractivity contribution in [2.24, 2.45) is 5.41 Å². The van der Waals surface area contributed by atoms with Gasteiger partial charge in [-0.3, -0.25) is 9.59 Å². The number of hydrogen-bond donors (Lipinski definition) is 0. The van der Waals surface area contributed by atoms with Gasteiger partial charge in [0.1, 0.15) is 11.4 Å². The van der Waals surface area contributed by atoms with Gasteiger partial charge in [-0.15, -0.1) is 0 Å². The zero-order chi connectivity index (χ0) is 26.3. The van der Waals surface area contributed by atoms with Crippen LogP contribution in [-0.4, -0.2) is 52.4 Å². The van der Waals surface area contributed by atoms with Gasteiger partial charge in [0.25, 0.3) is 0 Å². The number of likely N-dealkylation sites (tertiary alicyclic amines) is 2. The first-order chi connectivity index (χ1) is 16.9. The molecule has 0 saturated carbocycles. The summed E-state index contributed by atoms with van der Waals surface area (Å²) < 4.78 is 19.8. The molecule has 1 unspecified atom stereocenters. The number of benzene rings is 2. The molecule has 2 aliphatic rings. The van der Waals surface area contributed by atoms with E-state index in [0.29, 0.717) is 49.4 Å². The minimum Gasteiger partial charge on any atom is -0.443 e. The Bertz CT molecular complexity index is 1180. The van der Waals surface area contributed by atoms with Crippen molar-refractivity contribution in [2.45, 2.75) is 65.0 Å². The Hall–Kier alpha value is -2.93. The van der Waals surface area contributed by atoms with Gasteiger partial charge in [-0.2, -0.15) is 0 Å². The van der Waals surface area contributed by atoms with E-state index in [-0.39, 0.29) is 23.7 Å². The quantitative estimate of drug-likeness (QED) is 0.513. The predicted octanol–water partition coefficient (Wildman–Crippen LogP) is 5.85. The maximum absolute atomic E-state index is 14.2. The molecule has 2 fully saturated rings. The van der Waals surface area contributed by atoms with Crippen LogP contribution in [0, 0.1) is 11.2 Å². The van der Waals surface area contributed by atoms with Crippen LogP contribution in [0.15, 0.2) is 42.5 Å². The number of carbonyl (C=O) groups is 3. The Morgan fingerprint density at radius 3 is 2.47 bits per heavy atom. The van der Waals surface area contributed by atoms with Crippen molar-refractivity contribution in [2.75, 3.05) is 13.1 Å². The van der Waals surface area contributed by atoms with Crippen LogP contribution in [0.3, 0.4) is 0 Å². The summed E-state index contributed by atoms with van der Waals surface area (Å²) >= 11 is 6.03. The summed E-state index contributed by atoms with van der Waals surface area (Å²) in [7, 11) is 0. The van der Waals surface area contributed by atoms with Gasteiger partial charge in [0.15, 0.2) is 0 Å². The van der Waals surface area contributed by atoms with E-state index in [1.165, 1.54) is 24.0 Å². The lowest BCUT2D eigenvalue weighted by atomic mass is 9.83. The lowest BCUT2D eigenvalue weighted by Crippen LogP contribution is -2.45. The summed E-state index contributed by atoms with van der Waals surface area (Å²) in [5.74, 6) is -0.661. The molecule has 2 heterocycles. The van der Waals surface area contributed by atoms with Crippen LogP contribution in [0.1, 0.15) is 52.5 Å². The molecule has 0 aliphatic carbocycles. The third-order valence-corrected chi connectivity index (χ3v) is 7.25. The molecular weight excluding hydrogens is 483 g/mol. The molecular formula is C28H32ClFN2O4. The molecule has 2 aromatic rings. The number of hydrogen-bond acceptors (Lipinski definition) is 4. The van der Waals surface area contributed by atoms with Crippen LogP contribution >= 0.6 is 11.6 Å². The van der Waals surface area contributed by atoms with Gasteiger partial charge in [-0.25, -0.2) is 14.1 Å². The highest BCUT2D eigenvalue weighted by atomic mass is 35.5. The Balaban J connectivity index is 1.51. The number of amides is 3. The molecule has 4 rings (SSSR count). The van der Waals surface area contributed by atoms with Gasteiger partial charge in [-0.1, -0.05) is 35.9 Å². The largest absolute Gasteiger partial charge is 0.443 e. The first-order valence-electron chi connectivity index (χ1n) is 12.3. The van der Waals surface area contributed by atoms with Crippen molar-refractivity contribution in [3.63, 3.8) is 0 Å². The number of carbonyl (C=O) groups excluding carboxylic acids is 3. The predicted molar refractivity (Wildman–Crippen MR) is 136 cm³/mol. The molecule has 0 radical (unpaired) electrons. The molecule has 192 valence electrons. The van der Waals surface area contributed by atoms with E-state index < -0.39 is 17.1 Å². The smallest absolute Gasteiger partial charge is 0.417 e. The van der Waals surface area contributed by atoms with Crippen molar-refractivity contribution in [3.8, 4) is 11.1 Å². The Labute approximate surface area is 216 Å². The molecule has 36 heavy (non-hydrogen) atoms. The maximum atomic E-state index is 14.2. The third-order valence-electron chi connectivity index (χ3n) is 7.01. The van der Waals surface area contributed by atoms with Crippen LogP contribution in [0.4, 0.5) is 9.18 Å². The van der Waals surface area contributed by atoms with Crippen LogP contribution in [-0.2, 0) is 20.7 Å². The fraction of sp³-hybridized carbons (Fsp3) is 0.464. The second-order valence-electron chi connectivity index (χ2n) is 10.8. The molecule has 0 aromatic heterocycles. The van der Waals surface area contributed by atoms with Gasteiger partial charge < -0.3 is 9.64 Å². The summed E-state index contributed by atoms with van der Waals surface area (Å²) in [5.41, 5.74) is 0.686. The SMILES string of the molecule is CC(=O)N1CCC2(C[C@@H](CCc3ccc(-c4cc(Cl)ccc4F)cc3)N(C(=O)OC(C)(C)C)C2=O)C1. The number of ether oxygens (including phenoxy) is 1. The van der Waals surface area contributed by atoms with E-state index >= 15 is 0 Å². The second kappa shape index (κ2) is 9.85. The number of halogens is 2. The molecule has 0 bridgehead atoms. The maximum Gasteiger partial charge on any atom is 0.417 e. The van der Waals surface area contributed by atoms with Crippen LogP contribution in [0.5, 0.6) is 0 Å². The zero-order valence-corrected chi connectivity index (χ0v) is 21.9. The number of rotatable bonds is 4. The number of imide groups is 1. The minimum absolute atomic E-state index is 0.0665. The fourth-order valence-corrected chi connectivity index (χ4v) is 5.38. The standard InChI is InChI=1S/C28H32ClFN2O4/c1-18(33)31-14-13-28(17-31)16-22(32(25(28)34)26(35)36-27(2,3)4)11-7-19-5-8-20(9-6-19)23-15-21(29)10-12-24(23)30/h5-6,8-10,12,15,22H,7,11,13-14,16-17H2,1-4H3/t22-,28?/m1/s1. The van der Waals surface area contributed by atoms with Crippen LogP contribution in [0.2, 0.25) is 5.02 Å². The molecule has 2 aliphatic heterocycles. The number of nitrogens with zero attached hydrogens (tertiary/aromatic N) is 2. The minimum atomic E-state index is -0.749. The van der Waals surface area contributed by atoms with Gasteiger partial charge in [0.05, 0.1) is 5.41 Å². The summed E-state index contributed by atoms with van der Waals surface area (Å²) in [5, 5.41) is 0.466. The lowest BCUT2D eigenvalue weighted by molar-refractivity contribution is -0.136. The van der Waals surface area contributed by atoms with Crippen molar-refractivity contribution in [1.82, 2.24) is 9.80 Å². The highest BCUT2D eigenvalue weighted by Crippen LogP contribution is 2.45. The fourth-order valence-electron chi connectivity index (χ4n) is 5.21. The second-order valence-corrected chi connectivity index (χ2v) is 11.3. The monoisotopic (exact) mass is 514 g/mol. The highest BCUT2D eigenvalue weighted by Gasteiger charge is 2.57. The molecule has 2 aromatic carbocycles. The van der Waals surface area contributed by atoms with E-state index in [1.807, 2.05) is 24.3 Å². The summed E-state index contributed by atoms with van der Waals surface area (Å²) in [6.45, 7) is 7.66. The molecule has 8 heteroatoms. The van der Waals surface area contributed by atoms with Crippen LogP contribution < -0.4 is 0 Å². The van der Waals surface area contributed by atoms with E-state index in [1.54, 1.807) is 31.7 Å². The zero-order valence-electron chi connectivity index (χ0n) is 21.1. The first kappa shape index (κ1) is 26.1. The van der Waals surface area contributed by atoms with E-state index in [2.05, 4.69) is 0 Å². The highest BCUT2D eigenvalue weighted by molar-refractivity contribution is 6.30. The molecule has 3 amide bonds. The molecule has 1 spiro atoms. The Morgan fingerprint density at radius 1 is 1.17 bits per heavy atom.